The average Bonchev–Trinajstić information content (AvgIpc) is 3.09. The Morgan fingerprint density at radius 2 is 1.38 bits per heavy atom. The highest BCUT2D eigenvalue weighted by Crippen LogP contribution is 2.38. The first-order chi connectivity index (χ1) is 22.8. The molecule has 0 aromatic heterocycles. The lowest BCUT2D eigenvalue weighted by molar-refractivity contribution is -0.116. The Labute approximate surface area is 287 Å². The fourth-order valence-corrected chi connectivity index (χ4v) is 6.15. The van der Waals surface area contributed by atoms with E-state index in [0.29, 0.717) is 38.3 Å². The van der Waals surface area contributed by atoms with Crippen LogP contribution in [0.5, 0.6) is 5.75 Å². The number of hydrogen-bond donors (Lipinski definition) is 3. The van der Waals surface area contributed by atoms with Crippen molar-refractivity contribution in [2.75, 3.05) is 17.7 Å². The van der Waals surface area contributed by atoms with Gasteiger partial charge in [-0.1, -0.05) is 96.0 Å². The van der Waals surface area contributed by atoms with Gasteiger partial charge in [-0.25, -0.2) is 0 Å². The zero-order chi connectivity index (χ0) is 33.2. The van der Waals surface area contributed by atoms with E-state index >= 15 is 0 Å². The number of nitrogens with one attached hydrogen (secondary N) is 3. The minimum atomic E-state index is -0.630. The number of thioether (sulfide) groups is 1. The molecule has 47 heavy (non-hydrogen) atoms. The fraction of sp³-hybridized carbons (Fsp3) is 0.0541. The maximum Gasteiger partial charge on any atom is 0.272 e. The van der Waals surface area contributed by atoms with E-state index in [1.807, 2.05) is 48.5 Å². The first kappa shape index (κ1) is 33.3. The summed E-state index contributed by atoms with van der Waals surface area (Å²) in [6.07, 6.45) is 1.44. The van der Waals surface area contributed by atoms with E-state index in [0.717, 1.165) is 10.5 Å². The molecule has 0 bridgehead atoms. The second-order valence-corrected chi connectivity index (χ2v) is 12.1. The van der Waals surface area contributed by atoms with Gasteiger partial charge in [0.05, 0.1) is 12.8 Å². The lowest BCUT2D eigenvalue weighted by Gasteiger charge is -2.19. The third-order valence-electron chi connectivity index (χ3n) is 6.87. The van der Waals surface area contributed by atoms with E-state index in [9.17, 15) is 14.4 Å². The molecule has 10 heteroatoms. The molecule has 5 aromatic carbocycles. The molecule has 1 atom stereocenters. The van der Waals surface area contributed by atoms with Crippen LogP contribution in [0.3, 0.4) is 0 Å². The Kier molecular flexibility index (Phi) is 11.4. The monoisotopic (exact) mass is 681 g/mol. The molecule has 5 aromatic rings. The first-order valence-electron chi connectivity index (χ1n) is 14.4. The normalized spacial score (nSPS) is 11.7. The molecule has 1 unspecified atom stereocenters. The third kappa shape index (κ3) is 8.83. The van der Waals surface area contributed by atoms with Crippen LogP contribution in [0.25, 0.3) is 6.08 Å². The minimum absolute atomic E-state index is 0.0646. The van der Waals surface area contributed by atoms with E-state index in [2.05, 4.69) is 16.0 Å². The molecule has 0 fully saturated rings. The molecule has 0 aliphatic rings. The molecule has 0 aliphatic carbocycles. The number of amides is 3. The van der Waals surface area contributed by atoms with Crippen LogP contribution < -0.4 is 20.7 Å². The van der Waals surface area contributed by atoms with Gasteiger partial charge in [-0.15, -0.1) is 11.8 Å². The van der Waals surface area contributed by atoms with Crippen LogP contribution in [-0.4, -0.2) is 24.8 Å². The number of hydrogen-bond acceptors (Lipinski definition) is 5. The van der Waals surface area contributed by atoms with Crippen molar-refractivity contribution < 1.29 is 19.1 Å². The van der Waals surface area contributed by atoms with E-state index in [1.165, 1.54) is 17.8 Å². The largest absolute Gasteiger partial charge is 0.495 e. The number of halogens is 2. The van der Waals surface area contributed by atoms with Crippen LogP contribution >= 0.6 is 35.0 Å². The fourth-order valence-electron chi connectivity index (χ4n) is 4.56. The van der Waals surface area contributed by atoms with E-state index in [1.54, 1.807) is 86.0 Å². The second kappa shape index (κ2) is 16.0. The number of anilines is 2. The van der Waals surface area contributed by atoms with E-state index in [-0.39, 0.29) is 11.6 Å². The molecular formula is C37H29Cl2N3O4S. The molecule has 0 saturated carbocycles. The minimum Gasteiger partial charge on any atom is -0.495 e. The molecular weight excluding hydrogens is 653 g/mol. The smallest absolute Gasteiger partial charge is 0.272 e. The van der Waals surface area contributed by atoms with E-state index < -0.39 is 17.1 Å². The Hall–Kier alpha value is -5.02. The van der Waals surface area contributed by atoms with Gasteiger partial charge in [0.2, 0.25) is 5.91 Å². The number of ether oxygens (including phenoxy) is 1. The number of carbonyl (C=O) groups excluding carboxylic acids is 3. The van der Waals surface area contributed by atoms with Gasteiger partial charge < -0.3 is 20.7 Å². The summed E-state index contributed by atoms with van der Waals surface area (Å²) in [6, 6.07) is 37.2. The van der Waals surface area contributed by atoms with Crippen molar-refractivity contribution in [3.05, 3.63) is 160 Å². The highest BCUT2D eigenvalue weighted by molar-refractivity contribution is 8.00. The average molecular weight is 683 g/mol. The zero-order valence-corrected chi connectivity index (χ0v) is 27.4. The number of methoxy groups -OCH3 is 1. The number of rotatable bonds is 11. The van der Waals surface area contributed by atoms with Crippen molar-refractivity contribution in [3.8, 4) is 5.75 Å². The van der Waals surface area contributed by atoms with Crippen LogP contribution in [0, 0.1) is 0 Å². The van der Waals surface area contributed by atoms with Gasteiger partial charge in [0, 0.05) is 31.8 Å². The summed E-state index contributed by atoms with van der Waals surface area (Å²) in [6.45, 7) is 0. The maximum absolute atomic E-state index is 13.7. The van der Waals surface area contributed by atoms with Crippen molar-refractivity contribution in [3.63, 3.8) is 0 Å². The SMILES string of the molecule is COc1ccccc1NC(=O)C(Sc1cccc(NC(=O)/C(=C\c2c(Cl)cccc2Cl)NC(=O)c2ccccc2)c1)c1ccccc1. The van der Waals surface area contributed by atoms with Gasteiger partial charge >= 0.3 is 0 Å². The summed E-state index contributed by atoms with van der Waals surface area (Å²) in [5.41, 5.74) is 2.48. The van der Waals surface area contributed by atoms with Crippen LogP contribution in [0.1, 0.15) is 26.7 Å². The van der Waals surface area contributed by atoms with Crippen molar-refractivity contribution in [2.24, 2.45) is 0 Å². The van der Waals surface area contributed by atoms with Crippen molar-refractivity contribution in [2.45, 2.75) is 10.1 Å². The molecule has 5 rings (SSSR count). The Balaban J connectivity index is 1.40. The molecule has 0 radical (unpaired) electrons. The van der Waals surface area contributed by atoms with Gasteiger partial charge in [0.1, 0.15) is 16.7 Å². The maximum atomic E-state index is 13.7. The van der Waals surface area contributed by atoms with Gasteiger partial charge in [-0.3, -0.25) is 14.4 Å². The Morgan fingerprint density at radius 3 is 2.09 bits per heavy atom. The molecule has 0 saturated heterocycles. The summed E-state index contributed by atoms with van der Waals surface area (Å²) in [5.74, 6) is -0.776. The predicted octanol–water partition coefficient (Wildman–Crippen LogP) is 8.88. The summed E-state index contributed by atoms with van der Waals surface area (Å²) < 4.78 is 5.41. The molecule has 3 N–H and O–H groups in total. The highest BCUT2D eigenvalue weighted by Gasteiger charge is 2.24. The zero-order valence-electron chi connectivity index (χ0n) is 25.1. The van der Waals surface area contributed by atoms with Crippen LogP contribution in [-0.2, 0) is 9.59 Å². The first-order valence-corrected chi connectivity index (χ1v) is 16.0. The summed E-state index contributed by atoms with van der Waals surface area (Å²) >= 11 is 14.1. The molecule has 0 heterocycles. The second-order valence-electron chi connectivity index (χ2n) is 10.1. The van der Waals surface area contributed by atoms with Crippen molar-refractivity contribution in [1.82, 2.24) is 5.32 Å². The van der Waals surface area contributed by atoms with Crippen molar-refractivity contribution in [1.29, 1.82) is 0 Å². The van der Waals surface area contributed by atoms with E-state index in [4.69, 9.17) is 27.9 Å². The Morgan fingerprint density at radius 1 is 0.745 bits per heavy atom. The highest BCUT2D eigenvalue weighted by atomic mass is 35.5. The van der Waals surface area contributed by atoms with Crippen LogP contribution in [0.2, 0.25) is 10.0 Å². The van der Waals surface area contributed by atoms with Gasteiger partial charge in [0.15, 0.2) is 0 Å². The molecule has 236 valence electrons. The lowest BCUT2D eigenvalue weighted by Crippen LogP contribution is -2.30. The molecule has 3 amide bonds. The number of carbonyl (C=O) groups is 3. The predicted molar refractivity (Wildman–Crippen MR) is 190 cm³/mol. The topological polar surface area (TPSA) is 96.5 Å². The Bertz CT molecular complexity index is 1900. The summed E-state index contributed by atoms with van der Waals surface area (Å²) in [7, 11) is 1.55. The van der Waals surface area contributed by atoms with Crippen LogP contribution in [0.4, 0.5) is 11.4 Å². The standard InChI is InChI=1S/C37H29Cl2N3O4S/c1-46-33-21-9-8-20-31(33)41-37(45)34(24-12-4-2-5-13-24)47-27-17-10-16-26(22-27)40-36(44)32(23-28-29(38)18-11-19-30(28)39)42-35(43)25-14-6-3-7-15-25/h2-23,34H,1H3,(H,40,44)(H,41,45)(H,42,43)/b32-23+. The van der Waals surface area contributed by atoms with Gasteiger partial charge in [0.25, 0.3) is 11.8 Å². The lowest BCUT2D eigenvalue weighted by atomic mass is 10.1. The van der Waals surface area contributed by atoms with Crippen molar-refractivity contribution >= 4 is 70.1 Å². The quantitative estimate of drug-likeness (QED) is 0.0956. The summed E-state index contributed by atoms with van der Waals surface area (Å²) in [5, 5.41) is 8.53. The summed E-state index contributed by atoms with van der Waals surface area (Å²) in [4.78, 5) is 41.1. The van der Waals surface area contributed by atoms with Gasteiger partial charge in [-0.05, 0) is 66.2 Å². The van der Waals surface area contributed by atoms with Gasteiger partial charge in [-0.2, -0.15) is 0 Å². The number of para-hydroxylation sites is 2. The number of benzene rings is 5. The van der Waals surface area contributed by atoms with Crippen LogP contribution in [0.15, 0.2) is 138 Å². The molecule has 7 nitrogen and oxygen atoms in total. The molecule has 0 aliphatic heterocycles. The molecule has 0 spiro atoms. The third-order valence-corrected chi connectivity index (χ3v) is 8.78.